The molecular formula is C14H26N2O. The molecule has 2 aliphatic carbocycles. The fourth-order valence-corrected chi connectivity index (χ4v) is 3.07. The van der Waals surface area contributed by atoms with E-state index in [1.165, 1.54) is 51.4 Å². The largest absolute Gasteiger partial charge is 0.355 e. The van der Waals surface area contributed by atoms with Crippen LogP contribution in [-0.4, -0.2) is 18.4 Å². The minimum Gasteiger partial charge on any atom is -0.355 e. The lowest BCUT2D eigenvalue weighted by Gasteiger charge is -2.34. The molecule has 2 aliphatic rings. The Balaban J connectivity index is 2.01. The summed E-state index contributed by atoms with van der Waals surface area (Å²) in [7, 11) is 1.79. The van der Waals surface area contributed by atoms with Crippen LogP contribution in [0.15, 0.2) is 10.2 Å². The number of azo groups is 1. The van der Waals surface area contributed by atoms with Crippen LogP contribution in [0, 0.1) is 0 Å². The zero-order valence-electron chi connectivity index (χ0n) is 11.4. The maximum Gasteiger partial charge on any atom is 0.178 e. The maximum absolute atomic E-state index is 5.65. The molecule has 0 amide bonds. The van der Waals surface area contributed by atoms with Crippen LogP contribution in [0.25, 0.3) is 0 Å². The van der Waals surface area contributed by atoms with Crippen LogP contribution in [0.4, 0.5) is 0 Å². The highest BCUT2D eigenvalue weighted by Crippen LogP contribution is 2.36. The summed E-state index contributed by atoms with van der Waals surface area (Å²) in [6.45, 7) is 2.25. The van der Waals surface area contributed by atoms with Gasteiger partial charge in [-0.2, -0.15) is 10.2 Å². The number of nitrogens with zero attached hydrogens (tertiary/aromatic N) is 2. The molecule has 2 fully saturated rings. The molecular weight excluding hydrogens is 212 g/mol. The molecule has 2 rings (SSSR count). The van der Waals surface area contributed by atoms with Crippen molar-refractivity contribution in [3.63, 3.8) is 0 Å². The Morgan fingerprint density at radius 3 is 1.82 bits per heavy atom. The third-order valence-corrected chi connectivity index (χ3v) is 4.42. The lowest BCUT2D eigenvalue weighted by atomic mass is 9.84. The van der Waals surface area contributed by atoms with E-state index in [0.717, 1.165) is 12.8 Å². The highest BCUT2D eigenvalue weighted by Gasteiger charge is 2.34. The summed E-state index contributed by atoms with van der Waals surface area (Å²) in [5.41, 5.74) is -0.208. The Morgan fingerprint density at radius 2 is 1.29 bits per heavy atom. The average Bonchev–Trinajstić information content (AvgIpc) is 2.39. The number of rotatable bonds is 3. The third kappa shape index (κ3) is 3.27. The van der Waals surface area contributed by atoms with E-state index in [4.69, 9.17) is 4.74 Å². The summed E-state index contributed by atoms with van der Waals surface area (Å²) in [5.74, 6) is 0. The van der Waals surface area contributed by atoms with Crippen molar-refractivity contribution in [2.24, 2.45) is 10.2 Å². The van der Waals surface area contributed by atoms with Gasteiger partial charge in [-0.15, -0.1) is 0 Å². The first-order chi connectivity index (χ1) is 8.18. The van der Waals surface area contributed by atoms with Crippen molar-refractivity contribution in [2.45, 2.75) is 82.4 Å². The van der Waals surface area contributed by atoms with Gasteiger partial charge in [0.25, 0.3) is 0 Å². The van der Waals surface area contributed by atoms with E-state index in [1.54, 1.807) is 7.11 Å². The zero-order valence-corrected chi connectivity index (χ0v) is 11.4. The van der Waals surface area contributed by atoms with Crippen molar-refractivity contribution in [1.82, 2.24) is 0 Å². The molecule has 2 saturated carbocycles. The fourth-order valence-electron chi connectivity index (χ4n) is 3.07. The first kappa shape index (κ1) is 13.0. The monoisotopic (exact) mass is 238 g/mol. The van der Waals surface area contributed by atoms with E-state index in [2.05, 4.69) is 17.2 Å². The molecule has 0 heterocycles. The van der Waals surface area contributed by atoms with Gasteiger partial charge < -0.3 is 4.74 Å². The average molecular weight is 238 g/mol. The second-order valence-corrected chi connectivity index (χ2v) is 5.97. The van der Waals surface area contributed by atoms with Gasteiger partial charge in [0.2, 0.25) is 0 Å². The normalized spacial score (nSPS) is 28.4. The smallest absolute Gasteiger partial charge is 0.178 e. The van der Waals surface area contributed by atoms with Gasteiger partial charge in [-0.05, 0) is 45.4 Å². The van der Waals surface area contributed by atoms with Crippen molar-refractivity contribution in [3.8, 4) is 0 Å². The van der Waals surface area contributed by atoms with Gasteiger partial charge in [-0.3, -0.25) is 0 Å². The molecule has 0 aliphatic heterocycles. The molecule has 0 atom stereocenters. The zero-order chi connectivity index (χ0) is 12.2. The number of hydrogen-bond donors (Lipinski definition) is 0. The minimum absolute atomic E-state index is 0.0846. The van der Waals surface area contributed by atoms with E-state index < -0.39 is 0 Å². The molecule has 0 aromatic heterocycles. The minimum atomic E-state index is -0.293. The molecule has 0 saturated heterocycles. The summed E-state index contributed by atoms with van der Waals surface area (Å²) in [4.78, 5) is 0. The number of ether oxygens (including phenoxy) is 1. The van der Waals surface area contributed by atoms with Gasteiger partial charge >= 0.3 is 0 Å². The molecule has 0 radical (unpaired) electrons. The first-order valence-corrected chi connectivity index (χ1v) is 7.17. The molecule has 0 aromatic rings. The molecule has 3 nitrogen and oxygen atoms in total. The quantitative estimate of drug-likeness (QED) is 0.668. The van der Waals surface area contributed by atoms with Crippen molar-refractivity contribution in [2.75, 3.05) is 7.11 Å². The van der Waals surface area contributed by atoms with E-state index in [9.17, 15) is 0 Å². The van der Waals surface area contributed by atoms with Crippen LogP contribution in [0.5, 0.6) is 0 Å². The van der Waals surface area contributed by atoms with Gasteiger partial charge in [0.15, 0.2) is 5.72 Å². The van der Waals surface area contributed by atoms with Gasteiger partial charge in [-0.1, -0.05) is 25.7 Å². The van der Waals surface area contributed by atoms with Crippen molar-refractivity contribution in [1.29, 1.82) is 0 Å². The molecule has 17 heavy (non-hydrogen) atoms. The summed E-state index contributed by atoms with van der Waals surface area (Å²) >= 11 is 0. The topological polar surface area (TPSA) is 34.0 Å². The Bertz CT molecular complexity index is 263. The molecule has 0 bridgehead atoms. The number of hydrogen-bond acceptors (Lipinski definition) is 3. The van der Waals surface area contributed by atoms with Gasteiger partial charge in [0, 0.05) is 7.11 Å². The molecule has 0 N–H and O–H groups in total. The van der Waals surface area contributed by atoms with Crippen LogP contribution < -0.4 is 0 Å². The second kappa shape index (κ2) is 5.47. The lowest BCUT2D eigenvalue weighted by Crippen LogP contribution is -2.33. The van der Waals surface area contributed by atoms with Crippen LogP contribution in [0.2, 0.25) is 0 Å². The third-order valence-electron chi connectivity index (χ3n) is 4.42. The molecule has 98 valence electrons. The van der Waals surface area contributed by atoms with E-state index in [0.29, 0.717) is 0 Å². The fraction of sp³-hybridized carbons (Fsp3) is 1.00. The van der Waals surface area contributed by atoms with Crippen molar-refractivity contribution < 1.29 is 4.74 Å². The Morgan fingerprint density at radius 1 is 0.765 bits per heavy atom. The SMILES string of the molecule is COC1(N=NC2(C)CCCCC2)CCCCC1. The van der Waals surface area contributed by atoms with E-state index in [1.807, 2.05) is 0 Å². The van der Waals surface area contributed by atoms with Gasteiger partial charge in [0.1, 0.15) is 0 Å². The van der Waals surface area contributed by atoms with Crippen LogP contribution in [-0.2, 0) is 4.74 Å². The predicted molar refractivity (Wildman–Crippen MR) is 69.2 cm³/mol. The predicted octanol–water partition coefficient (Wildman–Crippen LogP) is 4.47. The van der Waals surface area contributed by atoms with Crippen LogP contribution in [0.3, 0.4) is 0 Å². The van der Waals surface area contributed by atoms with Crippen molar-refractivity contribution >= 4 is 0 Å². The van der Waals surface area contributed by atoms with Crippen molar-refractivity contribution in [3.05, 3.63) is 0 Å². The van der Waals surface area contributed by atoms with E-state index >= 15 is 0 Å². The molecule has 0 aromatic carbocycles. The van der Waals surface area contributed by atoms with Gasteiger partial charge in [-0.25, -0.2) is 0 Å². The summed E-state index contributed by atoms with van der Waals surface area (Å²) in [5, 5.41) is 9.31. The summed E-state index contributed by atoms with van der Waals surface area (Å²) < 4.78 is 5.65. The summed E-state index contributed by atoms with van der Waals surface area (Å²) in [6, 6.07) is 0. The standard InChI is InChI=1S/C14H26N2O/c1-13(9-5-3-6-10-13)15-16-14(17-2)11-7-4-8-12-14/h3-12H2,1-2H3. The Kier molecular flexibility index (Phi) is 4.18. The highest BCUT2D eigenvalue weighted by atomic mass is 16.5. The van der Waals surface area contributed by atoms with Crippen LogP contribution >= 0.6 is 0 Å². The Labute approximate surface area is 105 Å². The molecule has 0 unspecified atom stereocenters. The number of methoxy groups -OCH3 is 1. The maximum atomic E-state index is 5.65. The van der Waals surface area contributed by atoms with Gasteiger partial charge in [0.05, 0.1) is 5.54 Å². The van der Waals surface area contributed by atoms with E-state index in [-0.39, 0.29) is 11.3 Å². The molecule has 3 heteroatoms. The summed E-state index contributed by atoms with van der Waals surface area (Å²) in [6.07, 6.45) is 12.2. The molecule has 0 spiro atoms. The Hall–Kier alpha value is -0.440. The second-order valence-electron chi connectivity index (χ2n) is 5.97. The van der Waals surface area contributed by atoms with Crippen LogP contribution in [0.1, 0.15) is 71.1 Å². The first-order valence-electron chi connectivity index (χ1n) is 7.17. The lowest BCUT2D eigenvalue weighted by molar-refractivity contribution is -0.0401. The highest BCUT2D eigenvalue weighted by molar-refractivity contribution is 4.87.